The number of anilines is 1. The average Bonchev–Trinajstić information content (AvgIpc) is 2.31. The lowest BCUT2D eigenvalue weighted by atomic mass is 10.3. The number of amides is 1. The molecule has 0 spiro atoms. The van der Waals surface area contributed by atoms with Crippen LogP contribution >= 0.6 is 11.8 Å². The van der Waals surface area contributed by atoms with Crippen molar-refractivity contribution in [1.82, 2.24) is 0 Å². The maximum atomic E-state index is 11.7. The topological polar surface area (TPSA) is 64.3 Å². The first-order chi connectivity index (χ1) is 8.63. The van der Waals surface area contributed by atoms with Crippen molar-refractivity contribution in [3.63, 3.8) is 0 Å². The van der Waals surface area contributed by atoms with E-state index in [4.69, 9.17) is 10.5 Å². The molecule has 0 heterocycles. The minimum absolute atomic E-state index is 0.0340. The van der Waals surface area contributed by atoms with E-state index in [9.17, 15) is 4.79 Å². The molecule has 0 radical (unpaired) electrons. The lowest BCUT2D eigenvalue weighted by Crippen LogP contribution is -2.17. The van der Waals surface area contributed by atoms with Gasteiger partial charge in [0.15, 0.2) is 0 Å². The second-order valence-electron chi connectivity index (χ2n) is 4.05. The maximum absolute atomic E-state index is 11.7. The third-order valence-electron chi connectivity index (χ3n) is 2.02. The van der Waals surface area contributed by atoms with Crippen molar-refractivity contribution in [3.05, 3.63) is 24.3 Å². The van der Waals surface area contributed by atoms with Crippen LogP contribution in [0.4, 0.5) is 5.69 Å². The predicted molar refractivity (Wildman–Crippen MR) is 77.2 cm³/mol. The van der Waals surface area contributed by atoms with Gasteiger partial charge in [0.05, 0.1) is 17.5 Å². The van der Waals surface area contributed by atoms with Crippen molar-refractivity contribution in [3.8, 4) is 5.75 Å². The van der Waals surface area contributed by atoms with Gasteiger partial charge in [-0.25, -0.2) is 0 Å². The first-order valence-corrected chi connectivity index (χ1v) is 7.12. The fraction of sp³-hybridized carbons (Fsp3) is 0.462. The number of benzene rings is 1. The van der Waals surface area contributed by atoms with E-state index in [1.807, 2.05) is 38.1 Å². The van der Waals surface area contributed by atoms with Crippen LogP contribution in [0.15, 0.2) is 24.3 Å². The molecule has 100 valence electrons. The van der Waals surface area contributed by atoms with Gasteiger partial charge >= 0.3 is 0 Å². The number of ether oxygens (including phenoxy) is 1. The minimum atomic E-state index is -0.0340. The molecule has 1 amide bonds. The second kappa shape index (κ2) is 8.00. The summed E-state index contributed by atoms with van der Waals surface area (Å²) in [5.74, 6) is 1.86. The van der Waals surface area contributed by atoms with Crippen LogP contribution in [0, 0.1) is 0 Å². The van der Waals surface area contributed by atoms with Crippen LogP contribution < -0.4 is 15.8 Å². The Bertz CT molecular complexity index is 383. The molecule has 0 saturated carbocycles. The van der Waals surface area contributed by atoms with Crippen LogP contribution in [0.1, 0.15) is 13.8 Å². The highest BCUT2D eigenvalue weighted by Gasteiger charge is 2.08. The largest absolute Gasteiger partial charge is 0.489 e. The molecule has 0 saturated heterocycles. The number of nitrogens with two attached hydrogens (primary N) is 1. The van der Waals surface area contributed by atoms with Gasteiger partial charge in [-0.15, -0.1) is 0 Å². The first-order valence-electron chi connectivity index (χ1n) is 5.97. The van der Waals surface area contributed by atoms with Crippen LogP contribution in [0.25, 0.3) is 0 Å². The zero-order valence-electron chi connectivity index (χ0n) is 10.8. The number of rotatable bonds is 7. The molecule has 0 aromatic heterocycles. The molecule has 0 fully saturated rings. The number of thioether (sulfide) groups is 1. The van der Waals surface area contributed by atoms with Crippen LogP contribution in [0.5, 0.6) is 5.75 Å². The molecule has 0 aliphatic carbocycles. The number of nitrogens with one attached hydrogen (secondary N) is 1. The number of carbonyl (C=O) groups is 1. The molecule has 0 atom stereocenters. The van der Waals surface area contributed by atoms with Crippen LogP contribution in [0.3, 0.4) is 0 Å². The van der Waals surface area contributed by atoms with E-state index < -0.39 is 0 Å². The van der Waals surface area contributed by atoms with Gasteiger partial charge < -0.3 is 15.8 Å². The Balaban J connectivity index is 2.57. The molecule has 1 aromatic rings. The molecule has 18 heavy (non-hydrogen) atoms. The van der Waals surface area contributed by atoms with E-state index in [2.05, 4.69) is 5.32 Å². The molecule has 1 rings (SSSR count). The molecular formula is C13H20N2O2S. The molecule has 0 unspecified atom stereocenters. The van der Waals surface area contributed by atoms with Crippen LogP contribution in [-0.2, 0) is 4.79 Å². The highest BCUT2D eigenvalue weighted by atomic mass is 32.2. The Labute approximate surface area is 112 Å². The standard InChI is InChI=1S/C13H20N2O2S/c1-10(2)17-12-6-4-3-5-11(12)15-13(16)9-18-8-7-14/h3-6,10H,7-9,14H2,1-2H3,(H,15,16). The van der Waals surface area contributed by atoms with Crippen molar-refractivity contribution >= 4 is 23.4 Å². The Morgan fingerprint density at radius 2 is 2.17 bits per heavy atom. The van der Waals surface area contributed by atoms with Gasteiger partial charge in [-0.3, -0.25) is 4.79 Å². The minimum Gasteiger partial charge on any atom is -0.489 e. The molecule has 0 aliphatic rings. The second-order valence-corrected chi connectivity index (χ2v) is 5.16. The third kappa shape index (κ3) is 5.42. The van der Waals surface area contributed by atoms with Gasteiger partial charge in [-0.1, -0.05) is 12.1 Å². The van der Waals surface area contributed by atoms with Crippen molar-refractivity contribution in [2.75, 3.05) is 23.4 Å². The monoisotopic (exact) mass is 268 g/mol. The summed E-state index contributed by atoms with van der Waals surface area (Å²) in [6.07, 6.45) is 0.0784. The summed E-state index contributed by atoms with van der Waals surface area (Å²) in [7, 11) is 0. The van der Waals surface area contributed by atoms with Crippen LogP contribution in [-0.4, -0.2) is 30.1 Å². The highest BCUT2D eigenvalue weighted by Crippen LogP contribution is 2.24. The first kappa shape index (κ1) is 14.9. The van der Waals surface area contributed by atoms with E-state index in [0.717, 1.165) is 5.75 Å². The maximum Gasteiger partial charge on any atom is 0.234 e. The number of hydrogen-bond donors (Lipinski definition) is 2. The summed E-state index contributed by atoms with van der Waals surface area (Å²) in [4.78, 5) is 11.7. The van der Waals surface area contributed by atoms with Crippen molar-refractivity contribution in [2.24, 2.45) is 5.73 Å². The lowest BCUT2D eigenvalue weighted by Gasteiger charge is -2.14. The summed E-state index contributed by atoms with van der Waals surface area (Å²) in [6, 6.07) is 7.44. The third-order valence-corrected chi connectivity index (χ3v) is 3.01. The summed E-state index contributed by atoms with van der Waals surface area (Å²) in [6.45, 7) is 4.50. The van der Waals surface area contributed by atoms with Crippen molar-refractivity contribution in [1.29, 1.82) is 0 Å². The van der Waals surface area contributed by atoms with E-state index in [0.29, 0.717) is 23.7 Å². The smallest absolute Gasteiger partial charge is 0.234 e. The quantitative estimate of drug-likeness (QED) is 0.743. The van der Waals surface area contributed by atoms with Crippen LogP contribution in [0.2, 0.25) is 0 Å². The Morgan fingerprint density at radius 1 is 1.44 bits per heavy atom. The summed E-state index contributed by atoms with van der Waals surface area (Å²) in [5, 5.41) is 2.85. The van der Waals surface area contributed by atoms with Gasteiger partial charge in [-0.05, 0) is 26.0 Å². The zero-order chi connectivity index (χ0) is 13.4. The molecule has 4 nitrogen and oxygen atoms in total. The van der Waals surface area contributed by atoms with Crippen molar-refractivity contribution in [2.45, 2.75) is 20.0 Å². The van der Waals surface area contributed by atoms with Gasteiger partial charge in [0.25, 0.3) is 0 Å². The lowest BCUT2D eigenvalue weighted by molar-refractivity contribution is -0.113. The van der Waals surface area contributed by atoms with Gasteiger partial charge in [0.2, 0.25) is 5.91 Å². The van der Waals surface area contributed by atoms with Crippen molar-refractivity contribution < 1.29 is 9.53 Å². The predicted octanol–water partition coefficient (Wildman–Crippen LogP) is 2.10. The molecular weight excluding hydrogens is 248 g/mol. The van der Waals surface area contributed by atoms with Gasteiger partial charge in [-0.2, -0.15) is 11.8 Å². The summed E-state index contributed by atoms with van der Waals surface area (Å²) < 4.78 is 5.63. The number of carbonyl (C=O) groups excluding carboxylic acids is 1. The Morgan fingerprint density at radius 3 is 2.83 bits per heavy atom. The number of para-hydroxylation sites is 2. The average molecular weight is 268 g/mol. The Hall–Kier alpha value is -1.20. The van der Waals surface area contributed by atoms with E-state index in [-0.39, 0.29) is 12.0 Å². The molecule has 5 heteroatoms. The van der Waals surface area contributed by atoms with E-state index in [1.54, 1.807) is 0 Å². The van der Waals surface area contributed by atoms with Gasteiger partial charge in [0, 0.05) is 12.3 Å². The highest BCUT2D eigenvalue weighted by molar-refractivity contribution is 7.99. The number of hydrogen-bond acceptors (Lipinski definition) is 4. The SMILES string of the molecule is CC(C)Oc1ccccc1NC(=O)CSCCN. The van der Waals surface area contributed by atoms with Gasteiger partial charge in [0.1, 0.15) is 5.75 Å². The zero-order valence-corrected chi connectivity index (χ0v) is 11.6. The van der Waals surface area contributed by atoms with E-state index >= 15 is 0 Å². The molecule has 3 N–H and O–H groups in total. The molecule has 1 aromatic carbocycles. The van der Waals surface area contributed by atoms with E-state index in [1.165, 1.54) is 11.8 Å². The molecule has 0 bridgehead atoms. The summed E-state index contributed by atoms with van der Waals surface area (Å²) >= 11 is 1.52. The Kier molecular flexibility index (Phi) is 6.60. The fourth-order valence-electron chi connectivity index (χ4n) is 1.36. The normalized spacial score (nSPS) is 10.4. The molecule has 0 aliphatic heterocycles. The fourth-order valence-corrected chi connectivity index (χ4v) is 1.93. The summed E-state index contributed by atoms with van der Waals surface area (Å²) in [5.41, 5.74) is 6.09.